The average Bonchev–Trinajstić information content (AvgIpc) is 2.87. The molecule has 2 aliphatic rings. The van der Waals surface area contributed by atoms with Crippen LogP contribution in [0.25, 0.3) is 0 Å². The summed E-state index contributed by atoms with van der Waals surface area (Å²) in [6.07, 6.45) is 5.42. The molecule has 3 rings (SSSR count). The van der Waals surface area contributed by atoms with Gasteiger partial charge in [0.15, 0.2) is 0 Å². The third kappa shape index (κ3) is 2.62. The van der Waals surface area contributed by atoms with Crippen LogP contribution in [0.5, 0.6) is 0 Å². The number of para-hydroxylation sites is 1. The van der Waals surface area contributed by atoms with Crippen LogP contribution < -0.4 is 10.2 Å². The number of piperazine rings is 1. The highest BCUT2D eigenvalue weighted by Gasteiger charge is 2.42. The lowest BCUT2D eigenvalue weighted by Gasteiger charge is -2.49. The second kappa shape index (κ2) is 5.69. The Morgan fingerprint density at radius 3 is 2.60 bits per heavy atom. The van der Waals surface area contributed by atoms with E-state index in [2.05, 4.69) is 64.3 Å². The van der Waals surface area contributed by atoms with Gasteiger partial charge in [0, 0.05) is 29.1 Å². The maximum absolute atomic E-state index is 3.89. The molecule has 1 aliphatic heterocycles. The zero-order chi connectivity index (χ0) is 14.2. The molecule has 1 saturated carbocycles. The molecule has 0 radical (unpaired) electrons. The number of halogens is 1. The number of rotatable bonds is 2. The molecule has 1 N–H and O–H groups in total. The second-order valence-electron chi connectivity index (χ2n) is 6.76. The molecule has 0 aromatic heterocycles. The zero-order valence-corrected chi connectivity index (χ0v) is 14.1. The Labute approximate surface area is 131 Å². The van der Waals surface area contributed by atoms with Crippen molar-refractivity contribution in [3.8, 4) is 0 Å². The van der Waals surface area contributed by atoms with Gasteiger partial charge in [-0.1, -0.05) is 38.8 Å². The lowest BCUT2D eigenvalue weighted by atomic mass is 9.88. The third-order valence-electron chi connectivity index (χ3n) is 5.05. The van der Waals surface area contributed by atoms with Crippen LogP contribution in [0.2, 0.25) is 0 Å². The molecule has 2 nitrogen and oxygen atoms in total. The maximum atomic E-state index is 3.89. The van der Waals surface area contributed by atoms with Crippen LogP contribution in [0.3, 0.4) is 0 Å². The van der Waals surface area contributed by atoms with Crippen molar-refractivity contribution in [2.45, 2.75) is 51.1 Å². The normalized spacial score (nSPS) is 25.6. The molecule has 1 heterocycles. The van der Waals surface area contributed by atoms with E-state index >= 15 is 0 Å². The molecule has 0 amide bonds. The van der Waals surface area contributed by atoms with Gasteiger partial charge in [0.25, 0.3) is 0 Å². The molecule has 110 valence electrons. The van der Waals surface area contributed by atoms with Crippen molar-refractivity contribution < 1.29 is 0 Å². The van der Waals surface area contributed by atoms with Crippen molar-refractivity contribution in [2.75, 3.05) is 18.0 Å². The molecule has 1 unspecified atom stereocenters. The Bertz CT molecular complexity index is 466. The van der Waals surface area contributed by atoms with Crippen molar-refractivity contribution in [1.82, 2.24) is 5.32 Å². The van der Waals surface area contributed by atoms with Crippen molar-refractivity contribution >= 4 is 21.6 Å². The van der Waals surface area contributed by atoms with Crippen molar-refractivity contribution in [3.05, 3.63) is 28.7 Å². The zero-order valence-electron chi connectivity index (χ0n) is 12.5. The molecular formula is C17H25BrN2. The lowest BCUT2D eigenvalue weighted by Crippen LogP contribution is -2.64. The predicted molar refractivity (Wildman–Crippen MR) is 89.3 cm³/mol. The van der Waals surface area contributed by atoms with Gasteiger partial charge in [-0.25, -0.2) is 0 Å². The van der Waals surface area contributed by atoms with Gasteiger partial charge in [0.1, 0.15) is 0 Å². The van der Waals surface area contributed by atoms with Gasteiger partial charge in [-0.2, -0.15) is 0 Å². The highest BCUT2D eigenvalue weighted by atomic mass is 79.9. The van der Waals surface area contributed by atoms with E-state index in [1.54, 1.807) is 0 Å². The van der Waals surface area contributed by atoms with Crippen LogP contribution in [-0.4, -0.2) is 24.7 Å². The fourth-order valence-electron chi connectivity index (χ4n) is 3.86. The summed E-state index contributed by atoms with van der Waals surface area (Å²) in [7, 11) is 0. The number of benzene rings is 1. The van der Waals surface area contributed by atoms with E-state index in [0.717, 1.165) is 13.1 Å². The van der Waals surface area contributed by atoms with Crippen LogP contribution in [-0.2, 0) is 0 Å². The lowest BCUT2D eigenvalue weighted by molar-refractivity contribution is 0.245. The van der Waals surface area contributed by atoms with Gasteiger partial charge >= 0.3 is 0 Å². The summed E-state index contributed by atoms with van der Waals surface area (Å²) >= 11 is 3.74. The number of hydrogen-bond acceptors (Lipinski definition) is 2. The predicted octanol–water partition coefficient (Wildman–Crippen LogP) is 4.20. The standard InChI is InChI=1S/C17H25BrN2/c1-13(2)16-11-19-17(9-5-6-10-17)12-20(16)15-8-4-3-7-14(15)18/h3-4,7-8,13,16,19H,5-6,9-12H2,1-2H3. The molecule has 1 spiro atoms. The number of hydrogen-bond donors (Lipinski definition) is 1. The summed E-state index contributed by atoms with van der Waals surface area (Å²) in [5.41, 5.74) is 1.72. The summed E-state index contributed by atoms with van der Waals surface area (Å²) < 4.78 is 1.22. The molecule has 0 bridgehead atoms. The molecule has 20 heavy (non-hydrogen) atoms. The third-order valence-corrected chi connectivity index (χ3v) is 5.72. The molecule has 1 aliphatic carbocycles. The van der Waals surface area contributed by atoms with Gasteiger partial charge in [-0.15, -0.1) is 0 Å². The van der Waals surface area contributed by atoms with Crippen molar-refractivity contribution in [1.29, 1.82) is 0 Å². The van der Waals surface area contributed by atoms with Gasteiger partial charge in [0.2, 0.25) is 0 Å². The van der Waals surface area contributed by atoms with E-state index in [-0.39, 0.29) is 0 Å². The molecule has 1 aromatic carbocycles. The SMILES string of the molecule is CC(C)C1CNC2(CCCC2)CN1c1ccccc1Br. The number of anilines is 1. The fraction of sp³-hybridized carbons (Fsp3) is 0.647. The molecule has 2 fully saturated rings. The topological polar surface area (TPSA) is 15.3 Å². The molecule has 3 heteroatoms. The monoisotopic (exact) mass is 336 g/mol. The minimum atomic E-state index is 0.362. The smallest absolute Gasteiger partial charge is 0.0514 e. The molecule has 1 atom stereocenters. The van der Waals surface area contributed by atoms with Crippen LogP contribution >= 0.6 is 15.9 Å². The molecular weight excluding hydrogens is 312 g/mol. The highest BCUT2D eigenvalue weighted by Crippen LogP contribution is 2.38. The first-order valence-electron chi connectivity index (χ1n) is 7.87. The Balaban J connectivity index is 1.92. The Morgan fingerprint density at radius 2 is 1.95 bits per heavy atom. The quantitative estimate of drug-likeness (QED) is 0.870. The summed E-state index contributed by atoms with van der Waals surface area (Å²) in [6.45, 7) is 6.93. The summed E-state index contributed by atoms with van der Waals surface area (Å²) in [6, 6.07) is 9.26. The van der Waals surface area contributed by atoms with Gasteiger partial charge in [0.05, 0.1) is 5.69 Å². The maximum Gasteiger partial charge on any atom is 0.0514 e. The van der Waals surface area contributed by atoms with Crippen LogP contribution in [0, 0.1) is 5.92 Å². The summed E-state index contributed by atoms with van der Waals surface area (Å²) in [4.78, 5) is 2.65. The first-order valence-corrected chi connectivity index (χ1v) is 8.67. The van der Waals surface area contributed by atoms with E-state index in [1.165, 1.54) is 35.8 Å². The summed E-state index contributed by atoms with van der Waals surface area (Å²) in [5, 5.41) is 3.89. The van der Waals surface area contributed by atoms with Crippen LogP contribution in [0.1, 0.15) is 39.5 Å². The van der Waals surface area contributed by atoms with E-state index in [9.17, 15) is 0 Å². The van der Waals surface area contributed by atoms with Gasteiger partial charge in [-0.05, 0) is 46.8 Å². The highest BCUT2D eigenvalue weighted by molar-refractivity contribution is 9.10. The van der Waals surface area contributed by atoms with Gasteiger partial charge in [-0.3, -0.25) is 0 Å². The first kappa shape index (κ1) is 14.4. The van der Waals surface area contributed by atoms with E-state index in [1.807, 2.05) is 0 Å². The van der Waals surface area contributed by atoms with E-state index in [4.69, 9.17) is 0 Å². The Morgan fingerprint density at radius 1 is 1.25 bits per heavy atom. The number of nitrogens with one attached hydrogen (secondary N) is 1. The second-order valence-corrected chi connectivity index (χ2v) is 7.61. The average molecular weight is 337 g/mol. The minimum absolute atomic E-state index is 0.362. The molecule has 1 aromatic rings. The first-order chi connectivity index (χ1) is 9.61. The number of nitrogens with zero attached hydrogens (tertiary/aromatic N) is 1. The minimum Gasteiger partial charge on any atom is -0.364 e. The van der Waals surface area contributed by atoms with Crippen molar-refractivity contribution in [3.63, 3.8) is 0 Å². The Kier molecular flexibility index (Phi) is 4.09. The van der Waals surface area contributed by atoms with E-state index in [0.29, 0.717) is 17.5 Å². The van der Waals surface area contributed by atoms with Gasteiger partial charge < -0.3 is 10.2 Å². The van der Waals surface area contributed by atoms with Crippen molar-refractivity contribution in [2.24, 2.45) is 5.92 Å². The fourth-order valence-corrected chi connectivity index (χ4v) is 4.37. The largest absolute Gasteiger partial charge is 0.364 e. The van der Waals surface area contributed by atoms with Crippen LogP contribution in [0.15, 0.2) is 28.7 Å². The van der Waals surface area contributed by atoms with Crippen LogP contribution in [0.4, 0.5) is 5.69 Å². The van der Waals surface area contributed by atoms with E-state index < -0.39 is 0 Å². The summed E-state index contributed by atoms with van der Waals surface area (Å²) in [5.74, 6) is 0.661. The Hall–Kier alpha value is -0.540. The molecule has 1 saturated heterocycles.